The summed E-state index contributed by atoms with van der Waals surface area (Å²) in [6, 6.07) is 12.7. The van der Waals surface area contributed by atoms with Gasteiger partial charge in [0.05, 0.1) is 6.29 Å². The highest BCUT2D eigenvalue weighted by Gasteiger charge is 2.18. The molecule has 0 aliphatic carbocycles. The van der Waals surface area contributed by atoms with Crippen LogP contribution in [0.5, 0.6) is 0 Å². The number of hydrogen-bond donors (Lipinski definition) is 2. The smallest absolute Gasteiger partial charge is 0.321 e. The molecule has 6 nitrogen and oxygen atoms in total. The zero-order chi connectivity index (χ0) is 15.5. The molecule has 0 saturated carbocycles. The third-order valence-corrected chi connectivity index (χ3v) is 3.90. The average Bonchev–Trinajstić information content (AvgIpc) is 2.88. The van der Waals surface area contributed by atoms with E-state index in [9.17, 15) is 14.5 Å². The van der Waals surface area contributed by atoms with Crippen molar-refractivity contribution in [2.75, 3.05) is 6.29 Å². The third kappa shape index (κ3) is 3.56. The van der Waals surface area contributed by atoms with Crippen molar-refractivity contribution >= 4 is 36.4 Å². The normalized spacial score (nSPS) is 12.3. The lowest BCUT2D eigenvalue weighted by Gasteiger charge is -2.12. The molecule has 0 bridgehead atoms. The molecular formula is C16H16NO5P. The van der Waals surface area contributed by atoms with E-state index >= 15 is 0 Å². The van der Waals surface area contributed by atoms with Crippen molar-refractivity contribution < 1.29 is 24.4 Å². The zero-order valence-corrected chi connectivity index (χ0v) is 13.0. The highest BCUT2D eigenvalue weighted by molar-refractivity contribution is 7.23. The summed E-state index contributed by atoms with van der Waals surface area (Å²) in [4.78, 5) is 11.2. The molecule has 1 heterocycles. The monoisotopic (exact) mass is 333 g/mol. The van der Waals surface area contributed by atoms with Crippen molar-refractivity contribution in [2.45, 2.75) is 12.5 Å². The van der Waals surface area contributed by atoms with Gasteiger partial charge in [0.2, 0.25) is 0 Å². The van der Waals surface area contributed by atoms with E-state index in [-0.39, 0.29) is 20.2 Å². The lowest BCUT2D eigenvalue weighted by molar-refractivity contribution is -0.139. The van der Waals surface area contributed by atoms with E-state index in [1.54, 1.807) is 0 Å². The van der Waals surface area contributed by atoms with E-state index in [1.807, 2.05) is 42.5 Å². The van der Waals surface area contributed by atoms with Crippen molar-refractivity contribution in [3.8, 4) is 0 Å². The quantitative estimate of drug-likeness (QED) is 0.674. The van der Waals surface area contributed by atoms with Crippen LogP contribution in [0.25, 0.3) is 21.9 Å². The molecule has 1 aromatic heterocycles. The number of rotatable bonds is 6. The molecule has 0 radical (unpaired) electrons. The first-order valence-corrected chi connectivity index (χ1v) is 7.84. The Balaban J connectivity index is 0.00000192. The predicted molar refractivity (Wildman–Crippen MR) is 88.1 cm³/mol. The Bertz CT molecular complexity index is 845. The maximum absolute atomic E-state index is 11.2. The summed E-state index contributed by atoms with van der Waals surface area (Å²) in [5.41, 5.74) is 2.41. The van der Waals surface area contributed by atoms with Gasteiger partial charge >= 0.3 is 5.97 Å². The first-order chi connectivity index (χ1) is 10.7. The molecular weight excluding hydrogens is 317 g/mol. The summed E-state index contributed by atoms with van der Waals surface area (Å²) in [6.07, 6.45) is 0.418. The molecule has 0 amide bonds. The van der Waals surface area contributed by atoms with Gasteiger partial charge in [-0.05, 0) is 24.1 Å². The van der Waals surface area contributed by atoms with Crippen LogP contribution in [0.4, 0.5) is 0 Å². The summed E-state index contributed by atoms with van der Waals surface area (Å²) in [7, 11) is -0.120. The predicted octanol–water partition coefficient (Wildman–Crippen LogP) is 2.60. The number of furan rings is 1. The van der Waals surface area contributed by atoms with Crippen molar-refractivity contribution in [1.29, 1.82) is 0 Å². The average molecular weight is 333 g/mol. The summed E-state index contributed by atoms with van der Waals surface area (Å²) >= 11 is 0. The fraction of sp³-hybridized carbons (Fsp3) is 0.188. The Morgan fingerprint density at radius 2 is 1.91 bits per heavy atom. The van der Waals surface area contributed by atoms with Crippen LogP contribution in [0.2, 0.25) is 0 Å². The molecule has 1 atom stereocenters. The molecule has 0 aliphatic rings. The lowest BCUT2D eigenvalue weighted by Crippen LogP contribution is -2.37. The highest BCUT2D eigenvalue weighted by atomic mass is 31.1. The van der Waals surface area contributed by atoms with E-state index < -0.39 is 12.0 Å². The molecule has 3 aromatic rings. The zero-order valence-electron chi connectivity index (χ0n) is 12.2. The number of carbonyl (C=O) groups is 1. The van der Waals surface area contributed by atoms with Crippen LogP contribution in [-0.4, -0.2) is 28.9 Å². The molecule has 0 aliphatic heterocycles. The molecule has 4 N–H and O–H groups in total. The van der Waals surface area contributed by atoms with E-state index in [4.69, 9.17) is 4.42 Å². The Hall–Kier alpha value is -2.27. The van der Waals surface area contributed by atoms with Gasteiger partial charge in [-0.3, -0.25) is 14.7 Å². The second kappa shape index (κ2) is 7.33. The number of aliphatic carboxylic acids is 1. The summed E-state index contributed by atoms with van der Waals surface area (Å²) < 4.78 is 16.3. The minimum atomic E-state index is -0.964. The summed E-state index contributed by atoms with van der Waals surface area (Å²) in [6.45, 7) is 0. The maximum atomic E-state index is 11.2. The van der Waals surface area contributed by atoms with Gasteiger partial charge in [-0.2, -0.15) is 0 Å². The largest absolute Gasteiger partial charge is 0.480 e. The van der Waals surface area contributed by atoms with Gasteiger partial charge in [0.25, 0.3) is 0 Å². The van der Waals surface area contributed by atoms with Crippen molar-refractivity contribution in [1.82, 2.24) is 5.32 Å². The van der Waals surface area contributed by atoms with Gasteiger partial charge in [-0.15, -0.1) is 0 Å². The number of carboxylic acids is 1. The van der Waals surface area contributed by atoms with Crippen LogP contribution in [0.3, 0.4) is 0 Å². The van der Waals surface area contributed by atoms with E-state index in [0.29, 0.717) is 6.42 Å². The minimum absolute atomic E-state index is 0. The van der Waals surface area contributed by atoms with Gasteiger partial charge in [0.15, 0.2) is 8.46 Å². The summed E-state index contributed by atoms with van der Waals surface area (Å²) in [5, 5.41) is 14.0. The summed E-state index contributed by atoms with van der Waals surface area (Å²) in [5.74, 6) is -0.964. The van der Waals surface area contributed by atoms with Crippen molar-refractivity contribution in [2.24, 2.45) is 0 Å². The van der Waals surface area contributed by atoms with Gasteiger partial charge < -0.3 is 15.0 Å². The van der Waals surface area contributed by atoms with Gasteiger partial charge in [-0.1, -0.05) is 30.3 Å². The first-order valence-electron chi connectivity index (χ1n) is 6.84. The molecule has 0 saturated heterocycles. The SMILES string of the molecule is O.O=PCN[C@@H](Cc1ccc2c(c1)oc1ccccc12)C(=O)O. The van der Waals surface area contributed by atoms with Crippen LogP contribution in [-0.2, 0) is 15.8 Å². The molecule has 0 spiro atoms. The number of benzene rings is 2. The Labute approximate surface area is 133 Å². The van der Waals surface area contributed by atoms with Crippen molar-refractivity contribution in [3.63, 3.8) is 0 Å². The van der Waals surface area contributed by atoms with E-state index in [0.717, 1.165) is 27.5 Å². The number of carboxylic acid groups (broad SMARTS) is 1. The van der Waals surface area contributed by atoms with Gasteiger partial charge in [0, 0.05) is 10.8 Å². The minimum Gasteiger partial charge on any atom is -0.480 e. The molecule has 0 unspecified atom stereocenters. The van der Waals surface area contributed by atoms with Crippen LogP contribution in [0, 0.1) is 0 Å². The number of nitrogens with one attached hydrogen (secondary N) is 1. The third-order valence-electron chi connectivity index (χ3n) is 3.58. The van der Waals surface area contributed by atoms with Crippen LogP contribution < -0.4 is 5.32 Å². The van der Waals surface area contributed by atoms with E-state index in [2.05, 4.69) is 5.32 Å². The van der Waals surface area contributed by atoms with Crippen LogP contribution >= 0.6 is 8.46 Å². The Morgan fingerprint density at radius 3 is 2.65 bits per heavy atom. The first kappa shape index (κ1) is 17.1. The number of fused-ring (bicyclic) bond motifs is 3. The highest BCUT2D eigenvalue weighted by Crippen LogP contribution is 2.29. The molecule has 120 valence electrons. The Morgan fingerprint density at radius 1 is 1.17 bits per heavy atom. The lowest BCUT2D eigenvalue weighted by atomic mass is 10.0. The van der Waals surface area contributed by atoms with Gasteiger partial charge in [0.1, 0.15) is 17.2 Å². The molecule has 23 heavy (non-hydrogen) atoms. The molecule has 0 fully saturated rings. The fourth-order valence-electron chi connectivity index (χ4n) is 2.53. The van der Waals surface area contributed by atoms with E-state index in [1.165, 1.54) is 0 Å². The van der Waals surface area contributed by atoms with Crippen molar-refractivity contribution in [3.05, 3.63) is 48.0 Å². The molecule has 3 rings (SSSR count). The Kier molecular flexibility index (Phi) is 5.45. The molecule has 7 heteroatoms. The second-order valence-electron chi connectivity index (χ2n) is 5.02. The van der Waals surface area contributed by atoms with Gasteiger partial charge in [-0.25, -0.2) is 0 Å². The topological polar surface area (TPSA) is 111 Å². The number of para-hydroxylation sites is 1. The molecule has 2 aromatic carbocycles. The fourth-order valence-corrected chi connectivity index (χ4v) is 2.82. The maximum Gasteiger partial charge on any atom is 0.321 e. The van der Waals surface area contributed by atoms with Crippen LogP contribution in [0.1, 0.15) is 5.56 Å². The standard InChI is InChI=1S/C16H14NO4P.H2O/c18-16(19)13(17-9-22-20)7-10-5-6-12-11-3-1-2-4-14(11)21-15(12)8-10;/h1-6,8,13,17H,7,9H2,(H,18,19);1H2/t13-;/m0./s1. The number of hydrogen-bond acceptors (Lipinski definition) is 4. The van der Waals surface area contributed by atoms with Crippen LogP contribution in [0.15, 0.2) is 46.9 Å². The second-order valence-corrected chi connectivity index (χ2v) is 5.59.